The fraction of sp³-hybridized carbons (Fsp3) is 0.600. The molecule has 5 nitrogen and oxygen atoms in total. The van der Waals surface area contributed by atoms with Gasteiger partial charge in [0.25, 0.3) is 5.91 Å². The molecule has 0 saturated carbocycles. The van der Waals surface area contributed by atoms with Gasteiger partial charge in [-0.15, -0.1) is 12.4 Å². The number of hydrogen-bond acceptors (Lipinski definition) is 3. The van der Waals surface area contributed by atoms with Gasteiger partial charge >= 0.3 is 0 Å². The van der Waals surface area contributed by atoms with E-state index in [0.717, 1.165) is 19.4 Å². The highest BCUT2D eigenvalue weighted by atomic mass is 35.5. The Morgan fingerprint density at radius 3 is 2.44 bits per heavy atom. The number of likely N-dealkylation sites (tertiary alicyclic amines) is 1. The van der Waals surface area contributed by atoms with Gasteiger partial charge in [0.15, 0.2) is 0 Å². The van der Waals surface area contributed by atoms with E-state index >= 15 is 0 Å². The Kier molecular flexibility index (Phi) is 9.57. The number of piperidine rings is 1. The minimum absolute atomic E-state index is 0. The number of carbonyl (C=O) groups excluding carboxylic acids is 2. The molecule has 152 valence electrons. The molecule has 27 heavy (non-hydrogen) atoms. The molecular weight excluding hydrogens is 385 g/mol. The SMILES string of the molecule is CC(C)CC(NC(=O)c1ccc(Cl)cc1)C(=O)N1CCCC(C(C)N)C1.Cl. The predicted molar refractivity (Wildman–Crippen MR) is 112 cm³/mol. The molecule has 0 bridgehead atoms. The molecule has 1 heterocycles. The number of nitrogens with two attached hydrogens (primary N) is 1. The first-order valence-electron chi connectivity index (χ1n) is 9.38. The third-order valence-electron chi connectivity index (χ3n) is 4.93. The van der Waals surface area contributed by atoms with Gasteiger partial charge < -0.3 is 16.0 Å². The molecule has 2 rings (SSSR count). The third kappa shape index (κ3) is 6.98. The van der Waals surface area contributed by atoms with Gasteiger partial charge in [-0.3, -0.25) is 9.59 Å². The summed E-state index contributed by atoms with van der Waals surface area (Å²) in [6.45, 7) is 7.49. The quantitative estimate of drug-likeness (QED) is 0.746. The van der Waals surface area contributed by atoms with Crippen molar-refractivity contribution in [3.8, 4) is 0 Å². The van der Waals surface area contributed by atoms with Crippen molar-refractivity contribution in [2.75, 3.05) is 13.1 Å². The van der Waals surface area contributed by atoms with E-state index in [2.05, 4.69) is 19.2 Å². The summed E-state index contributed by atoms with van der Waals surface area (Å²) in [7, 11) is 0. The van der Waals surface area contributed by atoms with Crippen LogP contribution in [0.15, 0.2) is 24.3 Å². The van der Waals surface area contributed by atoms with Crippen molar-refractivity contribution >= 4 is 35.8 Å². The number of carbonyl (C=O) groups is 2. The largest absolute Gasteiger partial charge is 0.341 e. The number of nitrogens with one attached hydrogen (secondary N) is 1. The molecule has 1 aromatic rings. The van der Waals surface area contributed by atoms with Gasteiger partial charge in [0.1, 0.15) is 6.04 Å². The average Bonchev–Trinajstić information content (AvgIpc) is 2.60. The minimum Gasteiger partial charge on any atom is -0.341 e. The lowest BCUT2D eigenvalue weighted by molar-refractivity contribution is -0.135. The molecule has 7 heteroatoms. The maximum atomic E-state index is 13.1. The van der Waals surface area contributed by atoms with Crippen LogP contribution in [-0.2, 0) is 4.79 Å². The number of hydrogen-bond donors (Lipinski definition) is 2. The molecule has 3 unspecified atom stereocenters. The molecule has 0 aromatic heterocycles. The van der Waals surface area contributed by atoms with Crippen molar-refractivity contribution in [2.45, 2.75) is 52.1 Å². The van der Waals surface area contributed by atoms with E-state index in [-0.39, 0.29) is 30.3 Å². The van der Waals surface area contributed by atoms with Crippen LogP contribution in [0.25, 0.3) is 0 Å². The lowest BCUT2D eigenvalue weighted by atomic mass is 9.91. The molecule has 0 radical (unpaired) electrons. The van der Waals surface area contributed by atoms with E-state index in [1.807, 2.05) is 11.8 Å². The van der Waals surface area contributed by atoms with E-state index in [4.69, 9.17) is 17.3 Å². The van der Waals surface area contributed by atoms with Gasteiger partial charge in [0, 0.05) is 29.7 Å². The van der Waals surface area contributed by atoms with Crippen LogP contribution in [0.4, 0.5) is 0 Å². The predicted octanol–water partition coefficient (Wildman–Crippen LogP) is 3.49. The lowest BCUT2D eigenvalue weighted by Crippen LogP contribution is -2.53. The molecule has 3 atom stereocenters. The normalized spacial score (nSPS) is 19.2. The zero-order valence-electron chi connectivity index (χ0n) is 16.3. The number of amides is 2. The van der Waals surface area contributed by atoms with Gasteiger partial charge in [-0.2, -0.15) is 0 Å². The second kappa shape index (κ2) is 10.9. The van der Waals surface area contributed by atoms with Gasteiger partial charge in [-0.05, 0) is 62.3 Å². The molecule has 1 saturated heterocycles. The maximum Gasteiger partial charge on any atom is 0.251 e. The monoisotopic (exact) mass is 415 g/mol. The molecule has 3 N–H and O–H groups in total. The summed E-state index contributed by atoms with van der Waals surface area (Å²) in [5, 5.41) is 3.50. The van der Waals surface area contributed by atoms with Crippen LogP contribution in [0.3, 0.4) is 0 Å². The van der Waals surface area contributed by atoms with Crippen LogP contribution in [0.2, 0.25) is 5.02 Å². The molecular formula is C20H31Cl2N3O2. The summed E-state index contributed by atoms with van der Waals surface area (Å²) in [5.74, 6) is 0.357. The van der Waals surface area contributed by atoms with E-state index in [9.17, 15) is 9.59 Å². The Bertz CT molecular complexity index is 620. The Hall–Kier alpha value is -1.30. The summed E-state index contributed by atoms with van der Waals surface area (Å²) in [4.78, 5) is 27.5. The molecule has 1 aliphatic rings. The Morgan fingerprint density at radius 2 is 1.89 bits per heavy atom. The standard InChI is InChI=1S/C20H30ClN3O2.ClH/c1-13(2)11-18(23-19(25)15-6-8-17(21)9-7-15)20(26)24-10-4-5-16(12-24)14(3)22;/h6-9,13-14,16,18H,4-5,10-12,22H2,1-3H3,(H,23,25);1H. The van der Waals surface area contributed by atoms with E-state index < -0.39 is 6.04 Å². The van der Waals surface area contributed by atoms with E-state index in [1.165, 1.54) is 0 Å². The topological polar surface area (TPSA) is 75.4 Å². The Morgan fingerprint density at radius 1 is 1.26 bits per heavy atom. The molecule has 1 aromatic carbocycles. The van der Waals surface area contributed by atoms with Crippen LogP contribution in [0.1, 0.15) is 50.4 Å². The number of halogens is 2. The zero-order chi connectivity index (χ0) is 19.3. The van der Waals surface area contributed by atoms with Crippen molar-refractivity contribution in [3.63, 3.8) is 0 Å². The van der Waals surface area contributed by atoms with E-state index in [1.54, 1.807) is 24.3 Å². The van der Waals surface area contributed by atoms with Crippen molar-refractivity contribution in [1.82, 2.24) is 10.2 Å². The van der Waals surface area contributed by atoms with Crippen LogP contribution in [-0.4, -0.2) is 41.9 Å². The zero-order valence-corrected chi connectivity index (χ0v) is 17.9. The van der Waals surface area contributed by atoms with Crippen LogP contribution in [0.5, 0.6) is 0 Å². The third-order valence-corrected chi connectivity index (χ3v) is 5.18. The second-order valence-electron chi connectivity index (χ2n) is 7.71. The van der Waals surface area contributed by atoms with Gasteiger partial charge in [0.05, 0.1) is 0 Å². The van der Waals surface area contributed by atoms with Crippen molar-refractivity contribution < 1.29 is 9.59 Å². The fourth-order valence-electron chi connectivity index (χ4n) is 3.40. The first-order chi connectivity index (χ1) is 12.3. The average molecular weight is 416 g/mol. The smallest absolute Gasteiger partial charge is 0.251 e. The van der Waals surface area contributed by atoms with Crippen LogP contribution >= 0.6 is 24.0 Å². The molecule has 1 fully saturated rings. The summed E-state index contributed by atoms with van der Waals surface area (Å²) in [6.07, 6.45) is 2.61. The Balaban J connectivity index is 0.00000364. The summed E-state index contributed by atoms with van der Waals surface area (Å²) >= 11 is 5.88. The second-order valence-corrected chi connectivity index (χ2v) is 8.14. The summed E-state index contributed by atoms with van der Waals surface area (Å²) < 4.78 is 0. The van der Waals surface area contributed by atoms with Gasteiger partial charge in [-0.25, -0.2) is 0 Å². The first kappa shape index (κ1) is 23.7. The number of benzene rings is 1. The summed E-state index contributed by atoms with van der Waals surface area (Å²) in [6, 6.07) is 6.23. The Labute approximate surface area is 173 Å². The first-order valence-corrected chi connectivity index (χ1v) is 9.76. The van der Waals surface area contributed by atoms with Crippen molar-refractivity contribution in [1.29, 1.82) is 0 Å². The molecule has 0 spiro atoms. The van der Waals surface area contributed by atoms with Gasteiger partial charge in [0.2, 0.25) is 5.91 Å². The highest BCUT2D eigenvalue weighted by molar-refractivity contribution is 6.30. The maximum absolute atomic E-state index is 13.1. The van der Waals surface area contributed by atoms with E-state index in [0.29, 0.717) is 35.4 Å². The molecule has 1 aliphatic heterocycles. The van der Waals surface area contributed by atoms with Crippen molar-refractivity contribution in [2.24, 2.45) is 17.6 Å². The van der Waals surface area contributed by atoms with Crippen LogP contribution in [0, 0.1) is 11.8 Å². The highest BCUT2D eigenvalue weighted by Gasteiger charge is 2.31. The highest BCUT2D eigenvalue weighted by Crippen LogP contribution is 2.21. The van der Waals surface area contributed by atoms with Crippen LogP contribution < -0.4 is 11.1 Å². The number of nitrogens with zero attached hydrogens (tertiary/aromatic N) is 1. The van der Waals surface area contributed by atoms with Crippen molar-refractivity contribution in [3.05, 3.63) is 34.9 Å². The minimum atomic E-state index is -0.523. The van der Waals surface area contributed by atoms with Gasteiger partial charge in [-0.1, -0.05) is 25.4 Å². The summed E-state index contributed by atoms with van der Waals surface area (Å²) in [5.41, 5.74) is 6.54. The molecule has 0 aliphatic carbocycles. The fourth-order valence-corrected chi connectivity index (χ4v) is 3.52. The molecule has 2 amide bonds. The number of rotatable bonds is 6. The lowest BCUT2D eigenvalue weighted by Gasteiger charge is -2.37.